The number of benzene rings is 3. The smallest absolute Gasteiger partial charge is 0.174 e. The molecule has 3 aromatic rings. The number of hydrogen-bond acceptors (Lipinski definition) is 1. The van der Waals surface area contributed by atoms with Crippen molar-refractivity contribution in [2.24, 2.45) is 0 Å². The Morgan fingerprint density at radius 2 is 1.21 bits per heavy atom. The first-order valence-corrected chi connectivity index (χ1v) is 8.71. The van der Waals surface area contributed by atoms with E-state index in [1.54, 1.807) is 0 Å². The van der Waals surface area contributed by atoms with Crippen molar-refractivity contribution < 1.29 is 18.9 Å². The topological polar surface area (TPSA) is 0 Å². The predicted octanol–water partition coefficient (Wildman–Crippen LogP) is 3.14. The summed E-state index contributed by atoms with van der Waals surface area (Å²) in [5.74, 6) is 1.39. The molecule has 0 fully saturated rings. The summed E-state index contributed by atoms with van der Waals surface area (Å²) in [5, 5.41) is 0.355. The summed E-state index contributed by atoms with van der Waals surface area (Å²) < 4.78 is 0. The van der Waals surface area contributed by atoms with Gasteiger partial charge < -0.3 is 0 Å². The second kappa shape index (κ2) is 7.86. The number of rotatable bonds is 3. The van der Waals surface area contributed by atoms with Gasteiger partial charge in [0, 0.05) is 5.25 Å². The van der Waals surface area contributed by atoms with E-state index in [1.165, 1.54) is 27.5 Å². The molecule has 2 heteroatoms. The normalized spacial score (nSPS) is 16.4. The van der Waals surface area contributed by atoms with Crippen molar-refractivity contribution in [3.05, 3.63) is 120 Å². The van der Waals surface area contributed by atoms with Crippen LogP contribution in [0.25, 0.3) is 4.91 Å². The van der Waals surface area contributed by atoms with Crippen molar-refractivity contribution in [2.45, 2.75) is 5.25 Å². The zero-order valence-electron chi connectivity index (χ0n) is 13.7. The Morgan fingerprint density at radius 3 is 1.83 bits per heavy atom. The van der Waals surface area contributed by atoms with Crippen molar-refractivity contribution in [1.29, 1.82) is 0 Å². The fraction of sp³-hybridized carbons (Fsp3) is 0.0455. The molecule has 1 aliphatic rings. The first-order chi connectivity index (χ1) is 11.4. The van der Waals surface area contributed by atoms with Gasteiger partial charge in [-0.15, -0.1) is 41.8 Å². The van der Waals surface area contributed by atoms with Gasteiger partial charge in [-0.1, -0.05) is 77.2 Å². The maximum Gasteiger partial charge on any atom is 1.00 e. The van der Waals surface area contributed by atoms with Crippen molar-refractivity contribution >= 4 is 16.7 Å². The van der Waals surface area contributed by atoms with E-state index in [-0.39, 0.29) is 18.9 Å². The molecule has 0 aliphatic carbocycles. The molecule has 0 radical (unpaired) electrons. The van der Waals surface area contributed by atoms with E-state index in [9.17, 15) is 0 Å². The summed E-state index contributed by atoms with van der Waals surface area (Å²) in [5.41, 5.74) is 3.96. The van der Waals surface area contributed by atoms with Crippen molar-refractivity contribution in [1.82, 2.24) is 0 Å². The molecule has 0 spiro atoms. The molecule has 1 aliphatic heterocycles. The van der Waals surface area contributed by atoms with E-state index in [0.29, 0.717) is 5.25 Å². The fourth-order valence-electron chi connectivity index (χ4n) is 2.94. The molecule has 0 amide bonds. The zero-order chi connectivity index (χ0) is 15.5. The van der Waals surface area contributed by atoms with E-state index in [4.69, 9.17) is 0 Å². The van der Waals surface area contributed by atoms with Crippen molar-refractivity contribution in [3.8, 4) is 0 Å². The molecule has 0 bridgehead atoms. The van der Waals surface area contributed by atoms with Gasteiger partial charge in [-0.3, -0.25) is 0 Å². The van der Waals surface area contributed by atoms with Crippen LogP contribution in [-0.2, 0) is 0 Å². The van der Waals surface area contributed by atoms with E-state index in [0.717, 1.165) is 0 Å². The Bertz CT molecular complexity index is 797. The van der Waals surface area contributed by atoms with Crippen LogP contribution in [-0.4, -0.2) is 0 Å². The fourth-order valence-corrected chi connectivity index (χ4v) is 4.28. The Hall–Kier alpha value is -1.78. The van der Waals surface area contributed by atoms with Gasteiger partial charge in [-0.2, -0.15) is 11.8 Å². The van der Waals surface area contributed by atoms with Crippen LogP contribution in [0.1, 0.15) is 21.9 Å². The molecule has 3 aromatic carbocycles. The van der Waals surface area contributed by atoms with Gasteiger partial charge in [0.15, 0.2) is 0 Å². The molecule has 24 heavy (non-hydrogen) atoms. The second-order valence-corrected chi connectivity index (χ2v) is 6.75. The average molecular weight is 320 g/mol. The molecule has 1 heterocycles. The quantitative estimate of drug-likeness (QED) is 0.528. The third-order valence-electron chi connectivity index (χ3n) is 4.08. The largest absolute Gasteiger partial charge is 1.00 e. The molecule has 1 unspecified atom stereocenters. The van der Waals surface area contributed by atoms with Gasteiger partial charge in [-0.05, 0) is 5.56 Å². The molecular weight excluding hydrogens is 303 g/mol. The summed E-state index contributed by atoms with van der Waals surface area (Å²) in [6, 6.07) is 32.2. The SMILES string of the molecule is C1=C(c2ccccc2)SC(c2ccccc2)[C-]1c1ccccc1.[Li+]. The van der Waals surface area contributed by atoms with Crippen LogP contribution in [0.5, 0.6) is 0 Å². The molecule has 0 aromatic heterocycles. The first-order valence-electron chi connectivity index (χ1n) is 7.83. The van der Waals surface area contributed by atoms with Crippen LogP contribution in [0.2, 0.25) is 0 Å². The second-order valence-electron chi connectivity index (χ2n) is 5.60. The number of thioether (sulfide) groups is 1. The molecule has 4 rings (SSSR count). The van der Waals surface area contributed by atoms with Crippen LogP contribution in [0.4, 0.5) is 0 Å². The van der Waals surface area contributed by atoms with E-state index >= 15 is 0 Å². The van der Waals surface area contributed by atoms with Gasteiger partial charge in [0.25, 0.3) is 0 Å². The Labute approximate surface area is 160 Å². The van der Waals surface area contributed by atoms with Gasteiger partial charge in [0.1, 0.15) is 0 Å². The molecule has 1 atom stereocenters. The van der Waals surface area contributed by atoms with E-state index in [2.05, 4.69) is 97.1 Å². The third kappa shape index (κ3) is 3.50. The monoisotopic (exact) mass is 320 g/mol. The van der Waals surface area contributed by atoms with Gasteiger partial charge in [-0.25, -0.2) is 0 Å². The van der Waals surface area contributed by atoms with Crippen molar-refractivity contribution in [3.63, 3.8) is 0 Å². The molecule has 0 N–H and O–H groups in total. The molecule has 0 saturated heterocycles. The van der Waals surface area contributed by atoms with Crippen LogP contribution in [0, 0.1) is 5.92 Å². The van der Waals surface area contributed by atoms with Gasteiger partial charge >= 0.3 is 18.9 Å². The molecule has 0 saturated carbocycles. The maximum atomic E-state index is 2.35. The van der Waals surface area contributed by atoms with Crippen LogP contribution in [0.3, 0.4) is 0 Å². The van der Waals surface area contributed by atoms with E-state index in [1.807, 2.05) is 11.8 Å². The summed E-state index contributed by atoms with van der Waals surface area (Å²) in [7, 11) is 0. The van der Waals surface area contributed by atoms with Crippen LogP contribution in [0.15, 0.2) is 97.1 Å². The van der Waals surface area contributed by atoms with Crippen LogP contribution >= 0.6 is 11.8 Å². The molecule has 0 nitrogen and oxygen atoms in total. The molecule has 112 valence electrons. The number of allylic oxidation sites excluding steroid dienone is 1. The first kappa shape index (κ1) is 17.1. The minimum Gasteiger partial charge on any atom is -0.174 e. The predicted molar refractivity (Wildman–Crippen MR) is 100.0 cm³/mol. The van der Waals surface area contributed by atoms with Gasteiger partial charge in [0.05, 0.1) is 0 Å². The Balaban J connectivity index is 0.00000169. The summed E-state index contributed by atoms with van der Waals surface area (Å²) in [4.78, 5) is 1.35. The zero-order valence-corrected chi connectivity index (χ0v) is 14.5. The third-order valence-corrected chi connectivity index (χ3v) is 5.45. The minimum atomic E-state index is 0. The Kier molecular flexibility index (Phi) is 5.58. The molecular formula is C22H17LiS. The summed E-state index contributed by atoms with van der Waals surface area (Å²) >= 11 is 1.94. The van der Waals surface area contributed by atoms with Crippen LogP contribution < -0.4 is 18.9 Å². The number of hydrogen-bond donors (Lipinski definition) is 0. The Morgan fingerprint density at radius 1 is 0.667 bits per heavy atom. The standard InChI is InChI=1S/C22H17S.Li/c1-4-10-17(11-5-1)20-16-21(18-12-6-2-7-13-18)23-22(20)19-14-8-3-9-15-19;/h1-16,22H;/q-1;+1. The van der Waals surface area contributed by atoms with E-state index < -0.39 is 0 Å². The van der Waals surface area contributed by atoms with Gasteiger partial charge in [0.2, 0.25) is 0 Å². The van der Waals surface area contributed by atoms with Crippen molar-refractivity contribution in [2.75, 3.05) is 0 Å². The summed E-state index contributed by atoms with van der Waals surface area (Å²) in [6.45, 7) is 0. The maximum absolute atomic E-state index is 2.35. The average Bonchev–Trinajstić information content (AvgIpc) is 3.09. The summed E-state index contributed by atoms with van der Waals surface area (Å²) in [6.07, 6.45) is 2.35. The minimum absolute atomic E-state index is 0.